The van der Waals surface area contributed by atoms with E-state index in [1.54, 1.807) is 12.4 Å². The van der Waals surface area contributed by atoms with E-state index in [1.807, 2.05) is 48.5 Å². The first kappa shape index (κ1) is 15.7. The van der Waals surface area contributed by atoms with Gasteiger partial charge in [0.25, 0.3) is 0 Å². The van der Waals surface area contributed by atoms with Crippen molar-refractivity contribution < 1.29 is 0 Å². The molecule has 4 heteroatoms. The fraction of sp³-hybridized carbons (Fsp3) is 0.176. The summed E-state index contributed by atoms with van der Waals surface area (Å²) in [5, 5.41) is 1.44. The molecule has 0 heterocycles. The zero-order chi connectivity index (χ0) is 14.9. The highest BCUT2D eigenvalue weighted by Gasteiger charge is 1.94. The molecule has 0 saturated carbocycles. The second kappa shape index (κ2) is 8.60. The van der Waals surface area contributed by atoms with Crippen LogP contribution in [0.4, 0.5) is 0 Å². The van der Waals surface area contributed by atoms with Crippen LogP contribution >= 0.6 is 23.2 Å². The van der Waals surface area contributed by atoms with Crippen molar-refractivity contribution in [2.45, 2.75) is 6.42 Å². The van der Waals surface area contributed by atoms with Crippen LogP contribution in [0, 0.1) is 0 Å². The van der Waals surface area contributed by atoms with Crippen LogP contribution in [0.5, 0.6) is 0 Å². The average molecular weight is 319 g/mol. The van der Waals surface area contributed by atoms with E-state index in [2.05, 4.69) is 9.98 Å². The van der Waals surface area contributed by atoms with E-state index in [0.29, 0.717) is 0 Å². The van der Waals surface area contributed by atoms with Crippen molar-refractivity contribution in [3.05, 3.63) is 69.7 Å². The summed E-state index contributed by atoms with van der Waals surface area (Å²) in [6.07, 6.45) is 4.50. The Morgan fingerprint density at radius 3 is 1.57 bits per heavy atom. The SMILES string of the molecule is Clc1ccccc1C=NCCCN=Cc1ccccc1Cl. The molecule has 0 aromatic heterocycles. The molecule has 0 atom stereocenters. The summed E-state index contributed by atoms with van der Waals surface area (Å²) in [6.45, 7) is 1.45. The molecule has 0 saturated heterocycles. The van der Waals surface area contributed by atoms with Crippen LogP contribution in [0.2, 0.25) is 10.0 Å². The van der Waals surface area contributed by atoms with Gasteiger partial charge in [-0.3, -0.25) is 9.98 Å². The highest BCUT2D eigenvalue weighted by molar-refractivity contribution is 6.33. The second-order valence-electron chi connectivity index (χ2n) is 4.47. The van der Waals surface area contributed by atoms with Gasteiger partial charge in [0.1, 0.15) is 0 Å². The Labute approximate surface area is 135 Å². The van der Waals surface area contributed by atoms with Crippen molar-refractivity contribution in [2.75, 3.05) is 13.1 Å². The largest absolute Gasteiger partial charge is 0.292 e. The lowest BCUT2D eigenvalue weighted by atomic mass is 10.2. The van der Waals surface area contributed by atoms with Crippen molar-refractivity contribution in [3.8, 4) is 0 Å². The quantitative estimate of drug-likeness (QED) is 0.533. The fourth-order valence-electron chi connectivity index (χ4n) is 1.74. The smallest absolute Gasteiger partial charge is 0.0493 e. The molecular formula is C17H16Cl2N2. The molecule has 0 aliphatic rings. The molecule has 0 aliphatic carbocycles. The zero-order valence-corrected chi connectivity index (χ0v) is 13.1. The van der Waals surface area contributed by atoms with Crippen LogP contribution in [-0.2, 0) is 0 Å². The van der Waals surface area contributed by atoms with Gasteiger partial charge in [-0.1, -0.05) is 59.6 Å². The average Bonchev–Trinajstić information content (AvgIpc) is 2.50. The third-order valence-electron chi connectivity index (χ3n) is 2.85. The number of halogens is 2. The van der Waals surface area contributed by atoms with Crippen LogP contribution in [0.1, 0.15) is 17.5 Å². The molecule has 2 aromatic carbocycles. The zero-order valence-electron chi connectivity index (χ0n) is 11.5. The number of benzene rings is 2. The number of nitrogens with zero attached hydrogens (tertiary/aromatic N) is 2. The predicted molar refractivity (Wildman–Crippen MR) is 92.4 cm³/mol. The van der Waals surface area contributed by atoms with Crippen molar-refractivity contribution in [3.63, 3.8) is 0 Å². The fourth-order valence-corrected chi connectivity index (χ4v) is 2.11. The standard InChI is InChI=1S/C17H16Cl2N2/c18-16-8-3-1-6-14(16)12-20-10-5-11-21-13-15-7-2-4-9-17(15)19/h1-4,6-9,12-13H,5,10-11H2. The summed E-state index contributed by atoms with van der Waals surface area (Å²) in [4.78, 5) is 8.71. The maximum Gasteiger partial charge on any atom is 0.0493 e. The molecule has 0 N–H and O–H groups in total. The van der Waals surface area contributed by atoms with Gasteiger partial charge in [-0.15, -0.1) is 0 Å². The highest BCUT2D eigenvalue weighted by atomic mass is 35.5. The lowest BCUT2D eigenvalue weighted by Crippen LogP contribution is -1.90. The normalized spacial score (nSPS) is 11.5. The topological polar surface area (TPSA) is 24.7 Å². The van der Waals surface area contributed by atoms with Crippen LogP contribution < -0.4 is 0 Å². The first-order valence-electron chi connectivity index (χ1n) is 6.76. The number of hydrogen-bond donors (Lipinski definition) is 0. The summed E-state index contributed by atoms with van der Waals surface area (Å²) in [6, 6.07) is 15.3. The van der Waals surface area contributed by atoms with Crippen LogP contribution in [0.25, 0.3) is 0 Å². The molecule has 2 nitrogen and oxygen atoms in total. The first-order valence-corrected chi connectivity index (χ1v) is 7.51. The Bertz CT molecular complexity index is 581. The maximum absolute atomic E-state index is 6.04. The van der Waals surface area contributed by atoms with Gasteiger partial charge in [-0.25, -0.2) is 0 Å². The third kappa shape index (κ3) is 5.33. The van der Waals surface area contributed by atoms with Gasteiger partial charge in [0.15, 0.2) is 0 Å². The van der Waals surface area contributed by atoms with Gasteiger partial charge in [-0.2, -0.15) is 0 Å². The Morgan fingerprint density at radius 2 is 1.14 bits per heavy atom. The summed E-state index contributed by atoms with van der Waals surface area (Å²) < 4.78 is 0. The van der Waals surface area contributed by atoms with Crippen LogP contribution in [0.3, 0.4) is 0 Å². The van der Waals surface area contributed by atoms with Gasteiger partial charge >= 0.3 is 0 Å². The lowest BCUT2D eigenvalue weighted by molar-refractivity contribution is 0.851. The summed E-state index contributed by atoms with van der Waals surface area (Å²) >= 11 is 12.1. The Balaban J connectivity index is 1.73. The van der Waals surface area contributed by atoms with Crippen LogP contribution in [-0.4, -0.2) is 25.5 Å². The van der Waals surface area contributed by atoms with E-state index >= 15 is 0 Å². The lowest BCUT2D eigenvalue weighted by Gasteiger charge is -1.97. The molecule has 0 aliphatic heterocycles. The minimum Gasteiger partial charge on any atom is -0.292 e. The second-order valence-corrected chi connectivity index (χ2v) is 5.28. The van der Waals surface area contributed by atoms with E-state index in [1.165, 1.54) is 0 Å². The Kier molecular flexibility index (Phi) is 6.45. The molecule has 0 unspecified atom stereocenters. The minimum atomic E-state index is 0.720. The number of rotatable bonds is 6. The van der Waals surface area contributed by atoms with Crippen LogP contribution in [0.15, 0.2) is 58.5 Å². The summed E-state index contributed by atoms with van der Waals surface area (Å²) in [5.41, 5.74) is 1.89. The van der Waals surface area contributed by atoms with E-state index in [0.717, 1.165) is 40.7 Å². The number of aliphatic imine (C=N–C) groups is 2. The van der Waals surface area contributed by atoms with Gasteiger partial charge in [0, 0.05) is 46.7 Å². The first-order chi connectivity index (χ1) is 10.3. The van der Waals surface area contributed by atoms with E-state index < -0.39 is 0 Å². The molecule has 108 valence electrons. The molecule has 0 fully saturated rings. The predicted octanol–water partition coefficient (Wildman–Crippen LogP) is 4.92. The molecule has 0 radical (unpaired) electrons. The van der Waals surface area contributed by atoms with Crippen molar-refractivity contribution in [2.24, 2.45) is 9.98 Å². The van der Waals surface area contributed by atoms with Gasteiger partial charge < -0.3 is 0 Å². The third-order valence-corrected chi connectivity index (χ3v) is 3.53. The van der Waals surface area contributed by atoms with Crippen molar-refractivity contribution in [1.29, 1.82) is 0 Å². The maximum atomic E-state index is 6.04. The molecule has 2 aromatic rings. The molecule has 0 spiro atoms. The molecule has 0 amide bonds. The highest BCUT2D eigenvalue weighted by Crippen LogP contribution is 2.13. The van der Waals surface area contributed by atoms with Gasteiger partial charge in [0.2, 0.25) is 0 Å². The van der Waals surface area contributed by atoms with E-state index in [9.17, 15) is 0 Å². The van der Waals surface area contributed by atoms with Gasteiger partial charge in [-0.05, 0) is 18.6 Å². The molecule has 0 bridgehead atoms. The van der Waals surface area contributed by atoms with Crippen molar-refractivity contribution in [1.82, 2.24) is 0 Å². The van der Waals surface area contributed by atoms with Gasteiger partial charge in [0.05, 0.1) is 0 Å². The minimum absolute atomic E-state index is 0.720. The van der Waals surface area contributed by atoms with Crippen molar-refractivity contribution >= 4 is 35.6 Å². The summed E-state index contributed by atoms with van der Waals surface area (Å²) in [7, 11) is 0. The van der Waals surface area contributed by atoms with E-state index in [-0.39, 0.29) is 0 Å². The number of hydrogen-bond acceptors (Lipinski definition) is 2. The Morgan fingerprint density at radius 1 is 0.714 bits per heavy atom. The monoisotopic (exact) mass is 318 g/mol. The summed E-state index contributed by atoms with van der Waals surface area (Å²) in [5.74, 6) is 0. The molecule has 21 heavy (non-hydrogen) atoms. The molecular weight excluding hydrogens is 303 g/mol. The Hall–Kier alpha value is -1.64. The van der Waals surface area contributed by atoms with E-state index in [4.69, 9.17) is 23.2 Å². The molecule has 2 rings (SSSR count).